The lowest BCUT2D eigenvalue weighted by Crippen LogP contribution is -2.46. The molecule has 1 aliphatic heterocycles. The van der Waals surface area contributed by atoms with E-state index in [2.05, 4.69) is 10.3 Å². The maximum atomic E-state index is 13.2. The molecule has 0 radical (unpaired) electrons. The largest absolute Gasteiger partial charge is 0.494 e. The van der Waals surface area contributed by atoms with Crippen LogP contribution in [0.4, 0.5) is 23.7 Å². The fraction of sp³-hybridized carbons (Fsp3) is 0.227. The van der Waals surface area contributed by atoms with Crippen LogP contribution in [0, 0.1) is 0 Å². The summed E-state index contributed by atoms with van der Waals surface area (Å²) in [6, 6.07) is 11.7. The van der Waals surface area contributed by atoms with Gasteiger partial charge in [-0.1, -0.05) is 12.1 Å². The quantitative estimate of drug-likeness (QED) is 0.432. The number of methoxy groups -OCH3 is 1. The molecule has 6 nitrogen and oxygen atoms in total. The van der Waals surface area contributed by atoms with Crippen LogP contribution >= 0.6 is 11.8 Å². The van der Waals surface area contributed by atoms with E-state index >= 15 is 0 Å². The minimum Gasteiger partial charge on any atom is -0.494 e. The lowest BCUT2D eigenvalue weighted by Gasteiger charge is -2.22. The molecule has 1 fully saturated rings. The van der Waals surface area contributed by atoms with Gasteiger partial charge in [-0.15, -0.1) is 0 Å². The van der Waals surface area contributed by atoms with Crippen molar-refractivity contribution in [2.45, 2.75) is 29.3 Å². The van der Waals surface area contributed by atoms with Gasteiger partial charge in [0.25, 0.3) is 5.91 Å². The first-order chi connectivity index (χ1) is 15.1. The molecule has 1 unspecified atom stereocenters. The van der Waals surface area contributed by atoms with Gasteiger partial charge in [0, 0.05) is 22.9 Å². The number of amides is 3. The first-order valence-corrected chi connectivity index (χ1v) is 10.4. The number of alkyl halides is 3. The molecule has 1 aliphatic rings. The number of imide groups is 1. The van der Waals surface area contributed by atoms with Crippen molar-refractivity contribution >= 4 is 40.3 Å². The molecule has 10 heteroatoms. The molecule has 1 N–H and O–H groups in total. The van der Waals surface area contributed by atoms with Gasteiger partial charge >= 0.3 is 11.5 Å². The van der Waals surface area contributed by atoms with Crippen molar-refractivity contribution in [1.29, 1.82) is 0 Å². The number of nitrogens with one attached hydrogen (secondary N) is 1. The number of carbonyl (C=O) groups is 2. The first kappa shape index (κ1) is 21.9. The van der Waals surface area contributed by atoms with Crippen LogP contribution in [0.5, 0.6) is 5.75 Å². The van der Waals surface area contributed by atoms with Crippen molar-refractivity contribution in [2.75, 3.05) is 12.0 Å². The Labute approximate surface area is 185 Å². The van der Waals surface area contributed by atoms with E-state index in [1.54, 1.807) is 32.4 Å². The van der Waals surface area contributed by atoms with Crippen molar-refractivity contribution in [3.05, 3.63) is 60.3 Å². The number of halogens is 3. The highest BCUT2D eigenvalue weighted by molar-refractivity contribution is 8.00. The summed E-state index contributed by atoms with van der Waals surface area (Å²) >= 11 is -0.261. The summed E-state index contributed by atoms with van der Waals surface area (Å²) in [5.74, 6) is 0.0984. The van der Waals surface area contributed by atoms with Gasteiger partial charge in [-0.2, -0.15) is 13.2 Å². The molecular weight excluding hydrogens is 443 g/mol. The number of nitrogens with zero attached hydrogens (tertiary/aromatic N) is 2. The average molecular weight is 461 g/mol. The van der Waals surface area contributed by atoms with Crippen molar-refractivity contribution < 1.29 is 27.5 Å². The Morgan fingerprint density at radius 3 is 2.50 bits per heavy atom. The Morgan fingerprint density at radius 2 is 1.84 bits per heavy atom. The zero-order chi connectivity index (χ0) is 23.1. The third-order valence-electron chi connectivity index (χ3n) is 5.18. The predicted molar refractivity (Wildman–Crippen MR) is 115 cm³/mol. The standard InChI is InChI=1S/C22H18F3N3O3S/c1-21(12-13-10-11-26-18-16(13)4-3-5-17(18)31-2)19(29)28(20(30)27-21)14-6-8-15(9-7-14)32-22(23,24)25/h3-11H,12H2,1-2H3,(H,27,30). The molecule has 2 heterocycles. The van der Waals surface area contributed by atoms with Crippen LogP contribution in [0.1, 0.15) is 12.5 Å². The fourth-order valence-corrected chi connectivity index (χ4v) is 4.28. The zero-order valence-electron chi connectivity index (χ0n) is 17.1. The number of aromatic nitrogens is 1. The molecule has 2 aromatic carbocycles. The average Bonchev–Trinajstić information content (AvgIpc) is 2.95. The van der Waals surface area contributed by atoms with E-state index in [1.807, 2.05) is 12.1 Å². The summed E-state index contributed by atoms with van der Waals surface area (Å²) in [6.07, 6.45) is 1.81. The van der Waals surface area contributed by atoms with Crippen LogP contribution in [0.2, 0.25) is 0 Å². The summed E-state index contributed by atoms with van der Waals surface area (Å²) in [5, 5.41) is 3.52. The number of carbonyl (C=O) groups excluding carboxylic acids is 2. The minimum absolute atomic E-state index is 0.0340. The van der Waals surface area contributed by atoms with Crippen LogP contribution in [0.3, 0.4) is 0 Å². The first-order valence-electron chi connectivity index (χ1n) is 9.54. The summed E-state index contributed by atoms with van der Waals surface area (Å²) < 4.78 is 43.0. The Kier molecular flexibility index (Phi) is 5.49. The number of benzene rings is 2. The highest BCUT2D eigenvalue weighted by Gasteiger charge is 2.48. The number of thioether (sulfide) groups is 1. The van der Waals surface area contributed by atoms with Crippen LogP contribution < -0.4 is 15.0 Å². The highest BCUT2D eigenvalue weighted by atomic mass is 32.2. The van der Waals surface area contributed by atoms with E-state index in [0.29, 0.717) is 11.3 Å². The third-order valence-corrected chi connectivity index (χ3v) is 5.92. The Morgan fingerprint density at radius 1 is 1.12 bits per heavy atom. The van der Waals surface area contributed by atoms with Crippen LogP contribution in [-0.2, 0) is 11.2 Å². The maximum absolute atomic E-state index is 13.2. The van der Waals surface area contributed by atoms with E-state index in [0.717, 1.165) is 15.8 Å². The minimum atomic E-state index is -4.42. The molecule has 3 aromatic rings. The van der Waals surface area contributed by atoms with Crippen molar-refractivity contribution in [3.8, 4) is 5.75 Å². The van der Waals surface area contributed by atoms with Gasteiger partial charge in [0.05, 0.1) is 12.8 Å². The molecule has 1 atom stereocenters. The smallest absolute Gasteiger partial charge is 0.446 e. The molecule has 0 spiro atoms. The second-order valence-corrected chi connectivity index (χ2v) is 8.59. The molecule has 1 aromatic heterocycles. The van der Waals surface area contributed by atoms with Crippen LogP contribution in [0.25, 0.3) is 10.9 Å². The lowest BCUT2D eigenvalue weighted by molar-refractivity contribution is -0.121. The molecule has 1 saturated heterocycles. The van der Waals surface area contributed by atoms with E-state index in [-0.39, 0.29) is 28.8 Å². The summed E-state index contributed by atoms with van der Waals surface area (Å²) in [6.45, 7) is 1.62. The molecule has 166 valence electrons. The van der Waals surface area contributed by atoms with Gasteiger partial charge in [-0.3, -0.25) is 9.78 Å². The van der Waals surface area contributed by atoms with Crippen molar-refractivity contribution in [2.24, 2.45) is 0 Å². The van der Waals surface area contributed by atoms with Gasteiger partial charge in [-0.05, 0) is 60.6 Å². The monoisotopic (exact) mass is 461 g/mol. The number of urea groups is 1. The van der Waals surface area contributed by atoms with E-state index in [1.165, 1.54) is 24.3 Å². The second-order valence-electron chi connectivity index (χ2n) is 7.45. The van der Waals surface area contributed by atoms with E-state index in [9.17, 15) is 22.8 Å². The molecule has 0 aliphatic carbocycles. The third kappa shape index (κ3) is 4.10. The topological polar surface area (TPSA) is 71.5 Å². The lowest BCUT2D eigenvalue weighted by atomic mass is 9.91. The summed E-state index contributed by atoms with van der Waals surface area (Å²) in [7, 11) is 1.54. The molecule has 4 rings (SSSR count). The molecule has 0 bridgehead atoms. The Balaban J connectivity index is 1.62. The van der Waals surface area contributed by atoms with Gasteiger partial charge < -0.3 is 10.1 Å². The number of para-hydroxylation sites is 1. The Hall–Kier alpha value is -3.27. The van der Waals surface area contributed by atoms with Gasteiger partial charge in [0.1, 0.15) is 16.8 Å². The van der Waals surface area contributed by atoms with E-state index in [4.69, 9.17) is 4.74 Å². The van der Waals surface area contributed by atoms with Gasteiger partial charge in [0.15, 0.2) is 0 Å². The summed E-state index contributed by atoms with van der Waals surface area (Å²) in [5.41, 5.74) is -4.03. The number of rotatable bonds is 5. The van der Waals surface area contributed by atoms with Gasteiger partial charge in [-0.25, -0.2) is 9.69 Å². The van der Waals surface area contributed by atoms with Crippen molar-refractivity contribution in [3.63, 3.8) is 0 Å². The van der Waals surface area contributed by atoms with Gasteiger partial charge in [0.2, 0.25) is 0 Å². The highest BCUT2D eigenvalue weighted by Crippen LogP contribution is 2.38. The zero-order valence-corrected chi connectivity index (χ0v) is 17.9. The number of ether oxygens (including phenoxy) is 1. The van der Waals surface area contributed by atoms with Crippen molar-refractivity contribution in [1.82, 2.24) is 10.3 Å². The number of pyridine rings is 1. The number of hydrogen-bond donors (Lipinski definition) is 1. The van der Waals surface area contributed by atoms with Crippen LogP contribution in [0.15, 0.2) is 59.6 Å². The second kappa shape index (κ2) is 8.01. The fourth-order valence-electron chi connectivity index (χ4n) is 3.74. The van der Waals surface area contributed by atoms with Crippen LogP contribution in [-0.4, -0.2) is 35.1 Å². The predicted octanol–water partition coefficient (Wildman–Crippen LogP) is 4.91. The molecule has 3 amide bonds. The number of anilines is 1. The number of hydrogen-bond acceptors (Lipinski definition) is 5. The van der Waals surface area contributed by atoms with E-state index < -0.39 is 23.0 Å². The number of fused-ring (bicyclic) bond motifs is 1. The molecular formula is C22H18F3N3O3S. The molecule has 32 heavy (non-hydrogen) atoms. The normalized spacial score (nSPS) is 18.8. The summed E-state index contributed by atoms with van der Waals surface area (Å²) in [4.78, 5) is 31.1. The molecule has 0 saturated carbocycles. The Bertz CT molecular complexity index is 1200. The SMILES string of the molecule is COc1cccc2c(CC3(C)NC(=O)N(c4ccc(SC(F)(F)F)cc4)C3=O)ccnc12. The maximum Gasteiger partial charge on any atom is 0.446 e.